The normalized spacial score (nSPS) is 11.0. The van der Waals surface area contributed by atoms with E-state index < -0.39 is 4.92 Å². The van der Waals surface area contributed by atoms with E-state index in [1.54, 1.807) is 12.1 Å². The maximum absolute atomic E-state index is 11.7. The summed E-state index contributed by atoms with van der Waals surface area (Å²) in [5, 5.41) is 19.7. The Bertz CT molecular complexity index is 693. The average Bonchev–Trinajstić information content (AvgIpc) is 2.87. The van der Waals surface area contributed by atoms with Gasteiger partial charge in [-0.25, -0.2) is 0 Å². The first kappa shape index (κ1) is 16.3. The lowest BCUT2D eigenvalue weighted by Crippen LogP contribution is -2.25. The number of likely N-dealkylation sites (N-methyl/N-ethyl adjacent to an activating group) is 1. The lowest BCUT2D eigenvalue weighted by Gasteiger charge is -2.18. The van der Waals surface area contributed by atoms with Crippen LogP contribution in [-0.4, -0.2) is 39.6 Å². The van der Waals surface area contributed by atoms with Gasteiger partial charge in [0.05, 0.1) is 17.2 Å². The van der Waals surface area contributed by atoms with Crippen LogP contribution in [-0.2, 0) is 6.54 Å². The molecule has 8 heteroatoms. The Morgan fingerprint density at radius 1 is 1.36 bits per heavy atom. The summed E-state index contributed by atoms with van der Waals surface area (Å²) in [6.45, 7) is 3.87. The molecular weight excluding hydrogens is 306 g/mol. The smallest absolute Gasteiger partial charge is 0.305 e. The zero-order chi connectivity index (χ0) is 16.1. The number of nitro groups is 1. The highest BCUT2D eigenvalue weighted by Crippen LogP contribution is 2.26. The minimum absolute atomic E-state index is 0.0124. The molecular formula is C14H17N3O4S. The Kier molecular flexibility index (Phi) is 5.42. The summed E-state index contributed by atoms with van der Waals surface area (Å²) in [5.41, 5.74) is 1.43. The Morgan fingerprint density at radius 3 is 2.59 bits per heavy atom. The standard InChI is InChI=1S/C14H17N3O4S/c1-2-16(7-8-18)9-12-13(15-14(19)22-12)10-3-5-11(6-4-10)17(20)21/h3-6,18H,2,7-9H2,1H3,(H,15,19). The number of nitrogens with one attached hydrogen (secondary N) is 1. The number of non-ortho nitro benzene ring substituents is 1. The number of nitro benzene ring substituents is 1. The average molecular weight is 323 g/mol. The summed E-state index contributed by atoms with van der Waals surface area (Å²) in [7, 11) is 0. The minimum Gasteiger partial charge on any atom is -0.395 e. The van der Waals surface area contributed by atoms with Crippen molar-refractivity contribution >= 4 is 17.0 Å². The molecule has 0 unspecified atom stereocenters. The fraction of sp³-hybridized carbons (Fsp3) is 0.357. The molecule has 0 aliphatic carbocycles. The van der Waals surface area contributed by atoms with Crippen molar-refractivity contribution in [1.82, 2.24) is 9.88 Å². The second-order valence-electron chi connectivity index (χ2n) is 4.71. The molecule has 0 saturated carbocycles. The Balaban J connectivity index is 2.31. The molecule has 2 aromatic rings. The molecule has 7 nitrogen and oxygen atoms in total. The van der Waals surface area contributed by atoms with E-state index in [2.05, 4.69) is 4.98 Å². The number of hydrogen-bond donors (Lipinski definition) is 2. The van der Waals surface area contributed by atoms with Crippen LogP contribution in [0.1, 0.15) is 11.8 Å². The summed E-state index contributed by atoms with van der Waals surface area (Å²) in [4.78, 5) is 27.4. The van der Waals surface area contributed by atoms with Gasteiger partial charge >= 0.3 is 4.87 Å². The number of rotatable bonds is 7. The number of nitrogens with zero attached hydrogens (tertiary/aromatic N) is 2. The molecule has 0 spiro atoms. The van der Waals surface area contributed by atoms with Gasteiger partial charge in [0, 0.05) is 30.1 Å². The molecule has 22 heavy (non-hydrogen) atoms. The molecule has 0 atom stereocenters. The lowest BCUT2D eigenvalue weighted by atomic mass is 10.1. The molecule has 1 aromatic heterocycles. The summed E-state index contributed by atoms with van der Waals surface area (Å²) in [6.07, 6.45) is 0. The predicted octanol–water partition coefficient (Wildman–Crippen LogP) is 1.83. The van der Waals surface area contributed by atoms with Crippen LogP contribution >= 0.6 is 11.3 Å². The van der Waals surface area contributed by atoms with Crippen LogP contribution in [0.5, 0.6) is 0 Å². The van der Waals surface area contributed by atoms with Crippen LogP contribution in [0.3, 0.4) is 0 Å². The van der Waals surface area contributed by atoms with Crippen LogP contribution in [0.25, 0.3) is 11.3 Å². The van der Waals surface area contributed by atoms with Gasteiger partial charge in [0.15, 0.2) is 0 Å². The molecule has 0 aliphatic rings. The van der Waals surface area contributed by atoms with Crippen molar-refractivity contribution in [3.05, 3.63) is 48.9 Å². The Hall–Kier alpha value is -2.03. The van der Waals surface area contributed by atoms with Crippen LogP contribution in [0, 0.1) is 10.1 Å². The van der Waals surface area contributed by atoms with E-state index in [1.165, 1.54) is 12.1 Å². The van der Waals surface area contributed by atoms with Crippen molar-refractivity contribution in [1.29, 1.82) is 0 Å². The maximum Gasteiger partial charge on any atom is 0.305 e. The molecule has 0 saturated heterocycles. The largest absolute Gasteiger partial charge is 0.395 e. The lowest BCUT2D eigenvalue weighted by molar-refractivity contribution is -0.384. The number of thiazole rings is 1. The summed E-state index contributed by atoms with van der Waals surface area (Å²) in [6, 6.07) is 6.09. The fourth-order valence-corrected chi connectivity index (χ4v) is 3.04. The maximum atomic E-state index is 11.7. The van der Waals surface area contributed by atoms with Gasteiger partial charge in [0.25, 0.3) is 5.69 Å². The highest BCUT2D eigenvalue weighted by Gasteiger charge is 2.14. The van der Waals surface area contributed by atoms with E-state index in [4.69, 9.17) is 5.11 Å². The molecule has 2 rings (SSSR count). The molecule has 0 radical (unpaired) electrons. The summed E-state index contributed by atoms with van der Waals surface area (Å²) < 4.78 is 0. The monoisotopic (exact) mass is 323 g/mol. The summed E-state index contributed by atoms with van der Waals surface area (Å²) >= 11 is 1.12. The number of hydrogen-bond acceptors (Lipinski definition) is 6. The Morgan fingerprint density at radius 2 is 2.05 bits per heavy atom. The van der Waals surface area contributed by atoms with Gasteiger partial charge < -0.3 is 10.1 Å². The molecule has 0 fully saturated rings. The van der Waals surface area contributed by atoms with Crippen LogP contribution < -0.4 is 4.87 Å². The van der Waals surface area contributed by atoms with Gasteiger partial charge in [-0.15, -0.1) is 0 Å². The van der Waals surface area contributed by atoms with E-state index in [-0.39, 0.29) is 17.2 Å². The third-order valence-corrected chi connectivity index (χ3v) is 4.19. The summed E-state index contributed by atoms with van der Waals surface area (Å²) in [5.74, 6) is 0. The SMILES string of the molecule is CCN(CCO)Cc1sc(=O)[nH]c1-c1ccc([N+](=O)[O-])cc1. The number of H-pyrrole nitrogens is 1. The number of aromatic amines is 1. The highest BCUT2D eigenvalue weighted by atomic mass is 32.1. The van der Waals surface area contributed by atoms with Crippen molar-refractivity contribution in [2.75, 3.05) is 19.7 Å². The molecule has 0 amide bonds. The van der Waals surface area contributed by atoms with Gasteiger partial charge in [0.1, 0.15) is 0 Å². The van der Waals surface area contributed by atoms with E-state index in [9.17, 15) is 14.9 Å². The molecule has 1 heterocycles. The minimum atomic E-state index is -0.457. The second kappa shape index (κ2) is 7.30. The molecule has 2 N–H and O–H groups in total. The van der Waals surface area contributed by atoms with E-state index in [1.807, 2.05) is 11.8 Å². The highest BCUT2D eigenvalue weighted by molar-refractivity contribution is 7.09. The van der Waals surface area contributed by atoms with Crippen LogP contribution in [0.15, 0.2) is 29.1 Å². The first-order valence-electron chi connectivity index (χ1n) is 6.85. The van der Waals surface area contributed by atoms with Crippen molar-refractivity contribution in [2.45, 2.75) is 13.5 Å². The van der Waals surface area contributed by atoms with E-state index in [0.717, 1.165) is 28.3 Å². The second-order valence-corrected chi connectivity index (χ2v) is 5.78. The number of benzene rings is 1. The zero-order valence-corrected chi connectivity index (χ0v) is 12.9. The van der Waals surface area contributed by atoms with E-state index in [0.29, 0.717) is 18.8 Å². The third kappa shape index (κ3) is 3.79. The van der Waals surface area contributed by atoms with Gasteiger partial charge in [0.2, 0.25) is 0 Å². The number of aliphatic hydroxyl groups is 1. The van der Waals surface area contributed by atoms with Crippen LogP contribution in [0.4, 0.5) is 5.69 Å². The van der Waals surface area contributed by atoms with Crippen molar-refractivity contribution in [3.63, 3.8) is 0 Å². The van der Waals surface area contributed by atoms with E-state index >= 15 is 0 Å². The topological polar surface area (TPSA) is 99.5 Å². The molecule has 0 bridgehead atoms. The van der Waals surface area contributed by atoms with Gasteiger partial charge in [-0.05, 0) is 24.2 Å². The molecule has 0 aliphatic heterocycles. The van der Waals surface area contributed by atoms with Crippen molar-refractivity contribution < 1.29 is 10.0 Å². The van der Waals surface area contributed by atoms with Gasteiger partial charge in [-0.1, -0.05) is 18.3 Å². The van der Waals surface area contributed by atoms with Gasteiger partial charge in [-0.3, -0.25) is 19.8 Å². The quantitative estimate of drug-likeness (QED) is 0.598. The molecule has 118 valence electrons. The first-order valence-corrected chi connectivity index (χ1v) is 7.66. The number of aromatic nitrogens is 1. The van der Waals surface area contributed by atoms with Crippen molar-refractivity contribution in [2.24, 2.45) is 0 Å². The predicted molar refractivity (Wildman–Crippen MR) is 85.1 cm³/mol. The van der Waals surface area contributed by atoms with Crippen LogP contribution in [0.2, 0.25) is 0 Å². The van der Waals surface area contributed by atoms with Gasteiger partial charge in [-0.2, -0.15) is 0 Å². The van der Waals surface area contributed by atoms with Crippen molar-refractivity contribution in [3.8, 4) is 11.3 Å². The fourth-order valence-electron chi connectivity index (χ4n) is 2.15. The number of aliphatic hydroxyl groups excluding tert-OH is 1. The molecule has 1 aromatic carbocycles. The first-order chi connectivity index (χ1) is 10.5. The third-order valence-electron chi connectivity index (χ3n) is 3.32. The zero-order valence-electron chi connectivity index (χ0n) is 12.1. The Labute approximate surface area is 131 Å².